The summed E-state index contributed by atoms with van der Waals surface area (Å²) in [5, 5.41) is 16.5. The van der Waals surface area contributed by atoms with Crippen molar-refractivity contribution in [2.45, 2.75) is 16.6 Å². The number of carbonyl (C=O) groups is 1. The van der Waals surface area contributed by atoms with Crippen LogP contribution in [0.4, 0.5) is 5.69 Å². The molecule has 0 fully saturated rings. The van der Waals surface area contributed by atoms with E-state index >= 15 is 0 Å². The third-order valence-electron chi connectivity index (χ3n) is 5.44. The Morgan fingerprint density at radius 3 is 2.39 bits per heavy atom. The van der Waals surface area contributed by atoms with E-state index in [9.17, 15) is 4.79 Å². The normalized spacial score (nSPS) is 11.1. The van der Waals surface area contributed by atoms with Crippen LogP contribution in [0.1, 0.15) is 11.1 Å². The third kappa shape index (κ3) is 5.79. The zero-order valence-electron chi connectivity index (χ0n) is 19.7. The SMILES string of the molecule is Cn1cnnc1Sc1ccc(NC(=O)C=Cc2cn(Cc3ccccc3)nc2-c2ccccc2)cc1. The Labute approximate surface area is 213 Å². The smallest absolute Gasteiger partial charge is 0.248 e. The Balaban J connectivity index is 1.29. The highest BCUT2D eigenvalue weighted by Gasteiger charge is 2.10. The molecule has 0 aliphatic rings. The lowest BCUT2D eigenvalue weighted by Gasteiger charge is -2.04. The van der Waals surface area contributed by atoms with Crippen molar-refractivity contribution in [3.05, 3.63) is 115 Å². The van der Waals surface area contributed by atoms with Gasteiger partial charge < -0.3 is 9.88 Å². The minimum atomic E-state index is -0.210. The monoisotopic (exact) mass is 492 g/mol. The van der Waals surface area contributed by atoms with Crippen LogP contribution in [0.3, 0.4) is 0 Å². The van der Waals surface area contributed by atoms with Crippen molar-refractivity contribution in [1.29, 1.82) is 0 Å². The average molecular weight is 493 g/mol. The van der Waals surface area contributed by atoms with E-state index in [1.165, 1.54) is 11.8 Å². The maximum Gasteiger partial charge on any atom is 0.248 e. The van der Waals surface area contributed by atoms with Gasteiger partial charge in [0, 0.05) is 41.0 Å². The molecule has 178 valence electrons. The first-order chi connectivity index (χ1) is 17.6. The topological polar surface area (TPSA) is 77.6 Å². The van der Waals surface area contributed by atoms with Crippen molar-refractivity contribution in [2.24, 2.45) is 7.05 Å². The Bertz CT molecular complexity index is 1470. The van der Waals surface area contributed by atoms with Crippen molar-refractivity contribution < 1.29 is 4.79 Å². The van der Waals surface area contributed by atoms with Crippen LogP contribution in [0.2, 0.25) is 0 Å². The summed E-state index contributed by atoms with van der Waals surface area (Å²) in [5.41, 5.74) is 4.59. The molecular weight excluding hydrogens is 468 g/mol. The van der Waals surface area contributed by atoms with Crippen LogP contribution in [0.15, 0.2) is 114 Å². The van der Waals surface area contributed by atoms with Crippen molar-refractivity contribution in [3.63, 3.8) is 0 Å². The van der Waals surface area contributed by atoms with E-state index in [-0.39, 0.29) is 5.91 Å². The molecule has 0 spiro atoms. The lowest BCUT2D eigenvalue weighted by Crippen LogP contribution is -2.07. The molecule has 0 saturated carbocycles. The van der Waals surface area contributed by atoms with Gasteiger partial charge in [0.15, 0.2) is 5.16 Å². The van der Waals surface area contributed by atoms with E-state index < -0.39 is 0 Å². The molecule has 7 nitrogen and oxygen atoms in total. The van der Waals surface area contributed by atoms with Crippen molar-refractivity contribution in [1.82, 2.24) is 24.5 Å². The van der Waals surface area contributed by atoms with Gasteiger partial charge in [-0.1, -0.05) is 60.7 Å². The molecule has 8 heteroatoms. The van der Waals surface area contributed by atoms with E-state index in [0.29, 0.717) is 6.54 Å². The minimum Gasteiger partial charge on any atom is -0.323 e. The second-order valence-corrected chi connectivity index (χ2v) is 9.20. The van der Waals surface area contributed by atoms with E-state index in [4.69, 9.17) is 5.10 Å². The molecule has 0 unspecified atom stereocenters. The van der Waals surface area contributed by atoms with E-state index in [1.54, 1.807) is 12.4 Å². The molecule has 2 heterocycles. The van der Waals surface area contributed by atoms with Crippen molar-refractivity contribution >= 4 is 29.4 Å². The standard InChI is InChI=1S/C28H24N6OS/c1-33-20-29-31-28(33)36-25-15-13-24(14-16-25)30-26(35)17-12-23-19-34(18-21-8-4-2-5-9-21)32-27(23)22-10-6-3-7-11-22/h2-17,19-20H,18H2,1H3,(H,30,35). The quantitative estimate of drug-likeness (QED) is 0.288. The fourth-order valence-corrected chi connectivity index (χ4v) is 4.42. The predicted octanol–water partition coefficient (Wildman–Crippen LogP) is 5.53. The number of nitrogens with one attached hydrogen (secondary N) is 1. The molecule has 3 aromatic carbocycles. The first-order valence-corrected chi connectivity index (χ1v) is 12.2. The summed E-state index contributed by atoms with van der Waals surface area (Å²) in [4.78, 5) is 13.7. The molecule has 36 heavy (non-hydrogen) atoms. The average Bonchev–Trinajstić information content (AvgIpc) is 3.50. The minimum absolute atomic E-state index is 0.210. The van der Waals surface area contributed by atoms with Gasteiger partial charge in [-0.3, -0.25) is 9.48 Å². The summed E-state index contributed by atoms with van der Waals surface area (Å²) < 4.78 is 3.76. The Morgan fingerprint density at radius 2 is 1.69 bits per heavy atom. The zero-order chi connectivity index (χ0) is 24.7. The highest BCUT2D eigenvalue weighted by molar-refractivity contribution is 7.99. The summed E-state index contributed by atoms with van der Waals surface area (Å²) >= 11 is 1.51. The number of hydrogen-bond donors (Lipinski definition) is 1. The molecule has 0 saturated heterocycles. The lowest BCUT2D eigenvalue weighted by atomic mass is 10.1. The summed E-state index contributed by atoms with van der Waals surface area (Å²) in [5.74, 6) is -0.210. The largest absolute Gasteiger partial charge is 0.323 e. The first-order valence-electron chi connectivity index (χ1n) is 11.4. The molecule has 0 bridgehead atoms. The van der Waals surface area contributed by atoms with Gasteiger partial charge in [0.1, 0.15) is 6.33 Å². The van der Waals surface area contributed by atoms with Crippen LogP contribution in [0.5, 0.6) is 0 Å². The van der Waals surface area contributed by atoms with Crippen LogP contribution in [0.25, 0.3) is 17.3 Å². The lowest BCUT2D eigenvalue weighted by molar-refractivity contribution is -0.111. The van der Waals surface area contributed by atoms with Gasteiger partial charge in [0.25, 0.3) is 0 Å². The van der Waals surface area contributed by atoms with Gasteiger partial charge >= 0.3 is 0 Å². The maximum atomic E-state index is 12.7. The molecule has 5 aromatic rings. The molecule has 2 aromatic heterocycles. The number of aromatic nitrogens is 5. The second-order valence-electron chi connectivity index (χ2n) is 8.16. The van der Waals surface area contributed by atoms with E-state index in [0.717, 1.165) is 38.1 Å². The van der Waals surface area contributed by atoms with Crippen LogP contribution < -0.4 is 5.32 Å². The Morgan fingerprint density at radius 1 is 0.972 bits per heavy atom. The number of nitrogens with zero attached hydrogens (tertiary/aromatic N) is 5. The number of hydrogen-bond acceptors (Lipinski definition) is 5. The third-order valence-corrected chi connectivity index (χ3v) is 6.50. The number of carbonyl (C=O) groups excluding carboxylic acids is 1. The molecular formula is C28H24N6OS. The summed E-state index contributed by atoms with van der Waals surface area (Å²) in [6.45, 7) is 0.652. The van der Waals surface area contributed by atoms with E-state index in [1.807, 2.05) is 101 Å². The first kappa shape index (κ1) is 23.3. The molecule has 0 radical (unpaired) electrons. The van der Waals surface area contributed by atoms with Crippen LogP contribution in [-0.4, -0.2) is 30.5 Å². The summed E-state index contributed by atoms with van der Waals surface area (Å²) in [7, 11) is 1.90. The molecule has 0 aliphatic heterocycles. The summed E-state index contributed by atoms with van der Waals surface area (Å²) in [6.07, 6.45) is 6.98. The fourth-order valence-electron chi connectivity index (χ4n) is 3.66. The van der Waals surface area contributed by atoms with Gasteiger partial charge in [-0.25, -0.2) is 0 Å². The van der Waals surface area contributed by atoms with Gasteiger partial charge in [0.2, 0.25) is 5.91 Å². The predicted molar refractivity (Wildman–Crippen MR) is 142 cm³/mol. The molecule has 0 atom stereocenters. The number of amides is 1. The number of rotatable bonds is 8. The number of benzene rings is 3. The van der Waals surface area contributed by atoms with Crippen LogP contribution in [0, 0.1) is 0 Å². The molecule has 0 aliphatic carbocycles. The molecule has 1 amide bonds. The van der Waals surface area contributed by atoms with Crippen LogP contribution in [-0.2, 0) is 18.4 Å². The van der Waals surface area contributed by atoms with Crippen LogP contribution >= 0.6 is 11.8 Å². The van der Waals surface area contributed by atoms with Gasteiger partial charge in [-0.05, 0) is 47.7 Å². The molecule has 5 rings (SSSR count). The summed E-state index contributed by atoms with van der Waals surface area (Å²) in [6, 6.07) is 27.8. The van der Waals surface area contributed by atoms with Crippen molar-refractivity contribution in [3.8, 4) is 11.3 Å². The second kappa shape index (κ2) is 10.9. The highest BCUT2D eigenvalue weighted by atomic mass is 32.2. The highest BCUT2D eigenvalue weighted by Crippen LogP contribution is 2.27. The number of anilines is 1. The van der Waals surface area contributed by atoms with Gasteiger partial charge in [-0.15, -0.1) is 10.2 Å². The maximum absolute atomic E-state index is 12.7. The van der Waals surface area contributed by atoms with Gasteiger partial charge in [-0.2, -0.15) is 5.10 Å². The Kier molecular flexibility index (Phi) is 7.05. The fraction of sp³-hybridized carbons (Fsp3) is 0.0714. The van der Waals surface area contributed by atoms with E-state index in [2.05, 4.69) is 27.6 Å². The number of aryl methyl sites for hydroxylation is 1. The van der Waals surface area contributed by atoms with Crippen molar-refractivity contribution in [2.75, 3.05) is 5.32 Å². The molecule has 1 N–H and O–H groups in total. The Hall–Kier alpha value is -4.43. The zero-order valence-corrected chi connectivity index (χ0v) is 20.5. The van der Waals surface area contributed by atoms with Gasteiger partial charge in [0.05, 0.1) is 12.2 Å².